The van der Waals surface area contributed by atoms with Crippen molar-refractivity contribution in [3.8, 4) is 0 Å². The van der Waals surface area contributed by atoms with Gasteiger partial charge in [0.1, 0.15) is 11.9 Å². The van der Waals surface area contributed by atoms with Crippen LogP contribution in [0, 0.1) is 10.1 Å². The van der Waals surface area contributed by atoms with Gasteiger partial charge < -0.3 is 10.1 Å². The van der Waals surface area contributed by atoms with Gasteiger partial charge in [-0.1, -0.05) is 11.6 Å². The van der Waals surface area contributed by atoms with Crippen molar-refractivity contribution in [2.24, 2.45) is 0 Å². The molecule has 0 aliphatic heterocycles. The highest BCUT2D eigenvalue weighted by Crippen LogP contribution is 2.23. The Morgan fingerprint density at radius 3 is 3.00 bits per heavy atom. The van der Waals surface area contributed by atoms with E-state index in [-0.39, 0.29) is 23.4 Å². The molecular formula is C8H10ClN3O3. The van der Waals surface area contributed by atoms with Gasteiger partial charge in [0.2, 0.25) is 5.82 Å². The van der Waals surface area contributed by atoms with Crippen molar-refractivity contribution in [3.63, 3.8) is 0 Å². The topological polar surface area (TPSA) is 77.3 Å². The second-order valence-corrected chi connectivity index (χ2v) is 2.96. The molecule has 0 aliphatic carbocycles. The summed E-state index contributed by atoms with van der Waals surface area (Å²) in [4.78, 5) is 13.9. The highest BCUT2D eigenvalue weighted by molar-refractivity contribution is 6.29. The Bertz CT molecular complexity index is 359. The number of anilines is 1. The van der Waals surface area contributed by atoms with Gasteiger partial charge in [-0.05, 0) is 13.0 Å². The van der Waals surface area contributed by atoms with Gasteiger partial charge in [0.15, 0.2) is 0 Å². The molecule has 1 aromatic heterocycles. The lowest BCUT2D eigenvalue weighted by Gasteiger charge is -2.05. The Kier molecular flexibility index (Phi) is 4.26. The Morgan fingerprint density at radius 1 is 1.67 bits per heavy atom. The summed E-state index contributed by atoms with van der Waals surface area (Å²) in [6.07, 6.45) is 0. The second-order valence-electron chi connectivity index (χ2n) is 2.57. The fourth-order valence-electron chi connectivity index (χ4n) is 0.927. The first-order valence-electron chi connectivity index (χ1n) is 4.27. The zero-order valence-corrected chi connectivity index (χ0v) is 8.82. The summed E-state index contributed by atoms with van der Waals surface area (Å²) in [6, 6.07) is 2.66. The molecule has 0 fully saturated rings. The van der Waals surface area contributed by atoms with Crippen LogP contribution in [-0.2, 0) is 4.74 Å². The minimum absolute atomic E-state index is 0.112. The van der Waals surface area contributed by atoms with Crippen LogP contribution in [0.1, 0.15) is 6.92 Å². The molecule has 0 unspecified atom stereocenters. The number of ether oxygens (including phenoxy) is 1. The van der Waals surface area contributed by atoms with E-state index in [4.69, 9.17) is 16.3 Å². The van der Waals surface area contributed by atoms with Crippen LogP contribution in [-0.4, -0.2) is 23.2 Å². The zero-order chi connectivity index (χ0) is 11.3. The molecule has 6 nitrogen and oxygen atoms in total. The third-order valence-electron chi connectivity index (χ3n) is 1.58. The number of nitrogens with zero attached hydrogens (tertiary/aromatic N) is 2. The Labute approximate surface area is 91.4 Å². The number of hydrogen-bond donors (Lipinski definition) is 1. The van der Waals surface area contributed by atoms with E-state index in [0.29, 0.717) is 6.61 Å². The molecule has 0 aromatic carbocycles. The molecule has 7 heteroatoms. The van der Waals surface area contributed by atoms with Crippen molar-refractivity contribution in [1.29, 1.82) is 0 Å². The molecule has 0 amide bonds. The Balaban J connectivity index is 2.82. The molecule has 1 rings (SSSR count). The van der Waals surface area contributed by atoms with Crippen molar-refractivity contribution in [2.75, 3.05) is 18.7 Å². The standard InChI is InChI=1S/C8H10ClN3O3/c1-2-15-5-10-8-6(12(13)14)3-4-7(9)11-8/h3-4H,2,5H2,1H3,(H,10,11). The van der Waals surface area contributed by atoms with E-state index in [1.54, 1.807) is 0 Å². The zero-order valence-electron chi connectivity index (χ0n) is 8.07. The van der Waals surface area contributed by atoms with Crippen LogP contribution in [0.2, 0.25) is 5.15 Å². The van der Waals surface area contributed by atoms with Crippen LogP contribution in [0.4, 0.5) is 11.5 Å². The highest BCUT2D eigenvalue weighted by Gasteiger charge is 2.14. The number of hydrogen-bond acceptors (Lipinski definition) is 5. The minimum atomic E-state index is -0.530. The Hall–Kier alpha value is -1.40. The van der Waals surface area contributed by atoms with Gasteiger partial charge in [-0.25, -0.2) is 4.98 Å². The largest absolute Gasteiger partial charge is 0.362 e. The fourth-order valence-corrected chi connectivity index (χ4v) is 1.07. The van der Waals surface area contributed by atoms with Crippen molar-refractivity contribution in [3.05, 3.63) is 27.4 Å². The van der Waals surface area contributed by atoms with Crippen LogP contribution in [0.5, 0.6) is 0 Å². The number of rotatable bonds is 5. The predicted molar refractivity (Wildman–Crippen MR) is 56.0 cm³/mol. The normalized spacial score (nSPS) is 10.0. The van der Waals surface area contributed by atoms with E-state index < -0.39 is 4.92 Å². The first-order chi connectivity index (χ1) is 7.15. The van der Waals surface area contributed by atoms with Gasteiger partial charge in [-0.15, -0.1) is 0 Å². The van der Waals surface area contributed by atoms with Crippen molar-refractivity contribution in [1.82, 2.24) is 4.98 Å². The molecule has 1 aromatic rings. The number of halogens is 1. The SMILES string of the molecule is CCOCNc1nc(Cl)ccc1[N+](=O)[O-]. The monoisotopic (exact) mass is 231 g/mol. The van der Waals surface area contributed by atoms with Gasteiger partial charge in [-0.3, -0.25) is 10.1 Å². The first kappa shape index (κ1) is 11.7. The van der Waals surface area contributed by atoms with Crippen molar-refractivity contribution >= 4 is 23.1 Å². The lowest BCUT2D eigenvalue weighted by Crippen LogP contribution is -2.09. The summed E-state index contributed by atoms with van der Waals surface area (Å²) in [5.41, 5.74) is -0.126. The van der Waals surface area contributed by atoms with Crippen molar-refractivity contribution in [2.45, 2.75) is 6.92 Å². The van der Waals surface area contributed by atoms with Gasteiger partial charge in [0.05, 0.1) is 4.92 Å². The predicted octanol–water partition coefficient (Wildman–Crippen LogP) is 2.05. The minimum Gasteiger partial charge on any atom is -0.362 e. The molecular weight excluding hydrogens is 222 g/mol. The van der Waals surface area contributed by atoms with Crippen LogP contribution < -0.4 is 5.32 Å². The molecule has 0 saturated heterocycles. The summed E-state index contributed by atoms with van der Waals surface area (Å²) in [7, 11) is 0. The molecule has 1 heterocycles. The van der Waals surface area contributed by atoms with Gasteiger partial charge in [0, 0.05) is 12.7 Å². The third kappa shape index (κ3) is 3.34. The average molecular weight is 232 g/mol. The molecule has 0 saturated carbocycles. The molecule has 15 heavy (non-hydrogen) atoms. The maximum atomic E-state index is 10.6. The third-order valence-corrected chi connectivity index (χ3v) is 1.79. The molecule has 0 spiro atoms. The summed E-state index contributed by atoms with van der Waals surface area (Å²) < 4.78 is 5.00. The lowest BCUT2D eigenvalue weighted by molar-refractivity contribution is -0.384. The first-order valence-corrected chi connectivity index (χ1v) is 4.65. The quantitative estimate of drug-likeness (QED) is 0.276. The molecule has 0 atom stereocenters. The smallest absolute Gasteiger partial charge is 0.311 e. The maximum absolute atomic E-state index is 10.6. The van der Waals surface area contributed by atoms with E-state index in [2.05, 4.69) is 10.3 Å². The summed E-state index contributed by atoms with van der Waals surface area (Å²) >= 11 is 5.62. The number of nitrogens with one attached hydrogen (secondary N) is 1. The van der Waals surface area contributed by atoms with Crippen molar-refractivity contribution < 1.29 is 9.66 Å². The van der Waals surface area contributed by atoms with E-state index in [9.17, 15) is 10.1 Å². The lowest BCUT2D eigenvalue weighted by atomic mass is 10.4. The average Bonchev–Trinajstić information content (AvgIpc) is 2.18. The second kappa shape index (κ2) is 5.47. The Morgan fingerprint density at radius 2 is 2.40 bits per heavy atom. The van der Waals surface area contributed by atoms with E-state index >= 15 is 0 Å². The van der Waals surface area contributed by atoms with E-state index in [1.165, 1.54) is 12.1 Å². The van der Waals surface area contributed by atoms with E-state index in [0.717, 1.165) is 0 Å². The molecule has 0 bridgehead atoms. The molecule has 0 radical (unpaired) electrons. The van der Waals surface area contributed by atoms with Crippen LogP contribution >= 0.6 is 11.6 Å². The highest BCUT2D eigenvalue weighted by atomic mass is 35.5. The molecule has 82 valence electrons. The number of nitro groups is 1. The maximum Gasteiger partial charge on any atom is 0.311 e. The summed E-state index contributed by atoms with van der Waals surface area (Å²) in [5, 5.41) is 13.5. The van der Waals surface area contributed by atoms with Gasteiger partial charge >= 0.3 is 5.69 Å². The number of aromatic nitrogens is 1. The van der Waals surface area contributed by atoms with Gasteiger partial charge in [0.25, 0.3) is 0 Å². The number of pyridine rings is 1. The molecule has 0 aliphatic rings. The summed E-state index contributed by atoms with van der Waals surface area (Å²) in [6.45, 7) is 2.49. The van der Waals surface area contributed by atoms with E-state index in [1.807, 2.05) is 6.92 Å². The van der Waals surface area contributed by atoms with Crippen LogP contribution in [0.25, 0.3) is 0 Å². The summed E-state index contributed by atoms with van der Waals surface area (Å²) in [5.74, 6) is 0.112. The van der Waals surface area contributed by atoms with Crippen LogP contribution in [0.15, 0.2) is 12.1 Å². The fraction of sp³-hybridized carbons (Fsp3) is 0.375. The van der Waals surface area contributed by atoms with Crippen LogP contribution in [0.3, 0.4) is 0 Å². The molecule has 1 N–H and O–H groups in total. The van der Waals surface area contributed by atoms with Gasteiger partial charge in [-0.2, -0.15) is 0 Å².